The number of methoxy groups -OCH3 is 1. The number of anilines is 1. The number of benzene rings is 2. The van der Waals surface area contributed by atoms with Crippen LogP contribution >= 0.6 is 11.3 Å². The van der Waals surface area contributed by atoms with Gasteiger partial charge in [-0.2, -0.15) is 0 Å². The van der Waals surface area contributed by atoms with Gasteiger partial charge in [-0.1, -0.05) is 0 Å². The van der Waals surface area contributed by atoms with Gasteiger partial charge in [0.25, 0.3) is 0 Å². The van der Waals surface area contributed by atoms with Crippen LogP contribution < -0.4 is 15.3 Å². The molecule has 2 aromatic heterocycles. The molecule has 1 fully saturated rings. The van der Waals surface area contributed by atoms with E-state index in [9.17, 15) is 4.79 Å². The van der Waals surface area contributed by atoms with E-state index in [1.807, 2.05) is 36.4 Å². The molecule has 3 heterocycles. The Hall–Kier alpha value is -2.90. The summed E-state index contributed by atoms with van der Waals surface area (Å²) in [5.41, 5.74) is 2.56. The summed E-state index contributed by atoms with van der Waals surface area (Å²) in [6.07, 6.45) is 0. The molecule has 1 aliphatic rings. The van der Waals surface area contributed by atoms with E-state index in [-0.39, 0.29) is 5.63 Å². The van der Waals surface area contributed by atoms with Gasteiger partial charge in [0.05, 0.1) is 36.1 Å². The molecule has 4 aromatic rings. The van der Waals surface area contributed by atoms with E-state index in [1.54, 1.807) is 7.11 Å². The monoisotopic (exact) mass is 394 g/mol. The van der Waals surface area contributed by atoms with E-state index >= 15 is 0 Å². The third-order valence-corrected chi connectivity index (χ3v) is 5.97. The number of rotatable bonds is 3. The molecular weight excluding hydrogens is 376 g/mol. The standard InChI is InChI=1S/C21H18N2O4S/c1-25-15-4-5-17-19(12-15)28-20(22-17)16-10-13-2-3-14(11-18(13)27-21(16)24)23-6-8-26-9-7-23/h2-5,10-12H,6-9H2,1H3. The van der Waals surface area contributed by atoms with E-state index in [4.69, 9.17) is 13.9 Å². The summed E-state index contributed by atoms with van der Waals surface area (Å²) in [6.45, 7) is 3.10. The fourth-order valence-corrected chi connectivity index (χ4v) is 4.41. The van der Waals surface area contributed by atoms with Crippen molar-refractivity contribution in [1.29, 1.82) is 0 Å². The van der Waals surface area contributed by atoms with Crippen LogP contribution in [0.4, 0.5) is 5.69 Å². The molecule has 0 atom stereocenters. The first-order chi connectivity index (χ1) is 13.7. The quantitative estimate of drug-likeness (QED) is 0.491. The first kappa shape index (κ1) is 17.2. The Balaban J connectivity index is 1.56. The zero-order valence-electron chi connectivity index (χ0n) is 15.3. The van der Waals surface area contributed by atoms with Crippen LogP contribution in [-0.4, -0.2) is 38.4 Å². The molecule has 28 heavy (non-hydrogen) atoms. The smallest absolute Gasteiger partial charge is 0.346 e. The number of hydrogen-bond donors (Lipinski definition) is 0. The number of morpholine rings is 1. The van der Waals surface area contributed by atoms with Gasteiger partial charge in [-0.25, -0.2) is 9.78 Å². The second kappa shape index (κ2) is 6.92. The molecule has 5 rings (SSSR count). The minimum absolute atomic E-state index is 0.377. The molecule has 0 amide bonds. The number of thiazole rings is 1. The first-order valence-electron chi connectivity index (χ1n) is 9.07. The Morgan fingerprint density at radius 3 is 2.79 bits per heavy atom. The van der Waals surface area contributed by atoms with Crippen molar-refractivity contribution in [3.63, 3.8) is 0 Å². The van der Waals surface area contributed by atoms with Gasteiger partial charge in [0, 0.05) is 30.2 Å². The maximum Gasteiger partial charge on any atom is 0.346 e. The van der Waals surface area contributed by atoms with Crippen LogP contribution in [0.25, 0.3) is 31.8 Å². The lowest BCUT2D eigenvalue weighted by Gasteiger charge is -2.28. The van der Waals surface area contributed by atoms with Gasteiger partial charge >= 0.3 is 5.63 Å². The molecule has 0 radical (unpaired) electrons. The maximum atomic E-state index is 12.7. The second-order valence-corrected chi connectivity index (χ2v) is 7.65. The fraction of sp³-hybridized carbons (Fsp3) is 0.238. The van der Waals surface area contributed by atoms with Crippen molar-refractivity contribution in [2.75, 3.05) is 38.3 Å². The molecular formula is C21H18N2O4S. The molecule has 0 bridgehead atoms. The molecule has 0 N–H and O–H groups in total. The summed E-state index contributed by atoms with van der Waals surface area (Å²) in [5, 5.41) is 1.53. The van der Waals surface area contributed by atoms with E-state index in [1.165, 1.54) is 11.3 Å². The predicted octanol–water partition coefficient (Wildman–Crippen LogP) is 3.91. The van der Waals surface area contributed by atoms with Gasteiger partial charge in [-0.15, -0.1) is 11.3 Å². The summed E-state index contributed by atoms with van der Waals surface area (Å²) < 4.78 is 17.3. The van der Waals surface area contributed by atoms with E-state index in [2.05, 4.69) is 16.0 Å². The van der Waals surface area contributed by atoms with Gasteiger partial charge in [-0.05, 0) is 36.4 Å². The van der Waals surface area contributed by atoms with Gasteiger partial charge in [0.15, 0.2) is 0 Å². The Labute approximate surface area is 164 Å². The summed E-state index contributed by atoms with van der Waals surface area (Å²) >= 11 is 1.46. The third kappa shape index (κ3) is 3.02. The van der Waals surface area contributed by atoms with Crippen molar-refractivity contribution in [3.05, 3.63) is 52.9 Å². The van der Waals surface area contributed by atoms with Gasteiger partial charge in [0.1, 0.15) is 16.3 Å². The molecule has 142 valence electrons. The molecule has 2 aromatic carbocycles. The highest BCUT2D eigenvalue weighted by Gasteiger charge is 2.16. The maximum absolute atomic E-state index is 12.7. The Morgan fingerprint density at radius 1 is 1.11 bits per heavy atom. The SMILES string of the molecule is COc1ccc2nc(-c3cc4ccc(N5CCOCC5)cc4oc3=O)sc2c1. The van der Waals surface area contributed by atoms with E-state index < -0.39 is 0 Å². The Morgan fingerprint density at radius 2 is 1.96 bits per heavy atom. The van der Waals surface area contributed by atoms with Crippen LogP contribution in [0, 0.1) is 0 Å². The van der Waals surface area contributed by atoms with E-state index in [0.29, 0.717) is 29.4 Å². The highest BCUT2D eigenvalue weighted by Crippen LogP contribution is 2.32. The molecule has 7 heteroatoms. The normalized spacial score (nSPS) is 14.7. The Bertz CT molecular complexity index is 1220. The highest BCUT2D eigenvalue weighted by atomic mass is 32.1. The minimum Gasteiger partial charge on any atom is -0.497 e. The average Bonchev–Trinajstić information content (AvgIpc) is 3.16. The van der Waals surface area contributed by atoms with Gasteiger partial charge in [0.2, 0.25) is 0 Å². The van der Waals surface area contributed by atoms with Crippen molar-refractivity contribution < 1.29 is 13.9 Å². The lowest BCUT2D eigenvalue weighted by Crippen LogP contribution is -2.36. The molecule has 0 spiro atoms. The number of nitrogens with zero attached hydrogens (tertiary/aromatic N) is 2. The zero-order valence-corrected chi connectivity index (χ0v) is 16.1. The van der Waals surface area contributed by atoms with Crippen molar-refractivity contribution in [2.45, 2.75) is 0 Å². The molecule has 6 nitrogen and oxygen atoms in total. The number of ether oxygens (including phenoxy) is 2. The largest absolute Gasteiger partial charge is 0.497 e. The van der Waals surface area contributed by atoms with Crippen LogP contribution in [0.1, 0.15) is 0 Å². The summed E-state index contributed by atoms with van der Waals surface area (Å²) in [4.78, 5) is 19.5. The molecule has 0 saturated carbocycles. The minimum atomic E-state index is -0.377. The van der Waals surface area contributed by atoms with Crippen molar-refractivity contribution in [2.24, 2.45) is 0 Å². The molecule has 0 unspecified atom stereocenters. The summed E-state index contributed by atoms with van der Waals surface area (Å²) in [5.74, 6) is 0.767. The van der Waals surface area contributed by atoms with Gasteiger partial charge < -0.3 is 18.8 Å². The van der Waals surface area contributed by atoms with Gasteiger partial charge in [-0.3, -0.25) is 0 Å². The number of fused-ring (bicyclic) bond motifs is 2. The predicted molar refractivity (Wildman–Crippen MR) is 111 cm³/mol. The lowest BCUT2D eigenvalue weighted by atomic mass is 10.1. The fourth-order valence-electron chi connectivity index (χ4n) is 3.41. The van der Waals surface area contributed by atoms with Crippen LogP contribution in [-0.2, 0) is 4.74 Å². The summed E-state index contributed by atoms with van der Waals surface area (Å²) in [6, 6.07) is 13.5. The Kier molecular flexibility index (Phi) is 4.26. The lowest BCUT2D eigenvalue weighted by molar-refractivity contribution is 0.122. The molecule has 1 saturated heterocycles. The van der Waals surface area contributed by atoms with Crippen LogP contribution in [0.3, 0.4) is 0 Å². The molecule has 1 aliphatic heterocycles. The zero-order chi connectivity index (χ0) is 19.1. The first-order valence-corrected chi connectivity index (χ1v) is 9.88. The topological polar surface area (TPSA) is 64.8 Å². The second-order valence-electron chi connectivity index (χ2n) is 6.62. The van der Waals surface area contributed by atoms with Crippen LogP contribution in [0.5, 0.6) is 5.75 Å². The van der Waals surface area contributed by atoms with Crippen LogP contribution in [0.2, 0.25) is 0 Å². The summed E-state index contributed by atoms with van der Waals surface area (Å²) in [7, 11) is 1.63. The van der Waals surface area contributed by atoms with Crippen LogP contribution in [0.15, 0.2) is 51.7 Å². The average molecular weight is 394 g/mol. The van der Waals surface area contributed by atoms with E-state index in [0.717, 1.165) is 40.1 Å². The number of hydrogen-bond acceptors (Lipinski definition) is 7. The molecule has 0 aliphatic carbocycles. The third-order valence-electron chi connectivity index (χ3n) is 4.92. The number of aromatic nitrogens is 1. The van der Waals surface area contributed by atoms with Crippen molar-refractivity contribution >= 4 is 38.2 Å². The van der Waals surface area contributed by atoms with Crippen molar-refractivity contribution in [3.8, 4) is 16.3 Å². The highest BCUT2D eigenvalue weighted by molar-refractivity contribution is 7.21. The van der Waals surface area contributed by atoms with Crippen molar-refractivity contribution in [1.82, 2.24) is 4.98 Å².